The summed E-state index contributed by atoms with van der Waals surface area (Å²) in [6, 6.07) is 0. The molecule has 0 atom stereocenters. The molecule has 9 nitrogen and oxygen atoms in total. The Labute approximate surface area is 244 Å². The summed E-state index contributed by atoms with van der Waals surface area (Å²) >= 11 is 0. The van der Waals surface area contributed by atoms with Gasteiger partial charge in [-0.2, -0.15) is 0 Å². The van der Waals surface area contributed by atoms with Crippen LogP contribution in [-0.2, 0) is 38.1 Å². The molecule has 0 saturated carbocycles. The molecule has 0 heterocycles. The number of hydrogen-bond acceptors (Lipinski definition) is 9. The van der Waals surface area contributed by atoms with Gasteiger partial charge in [-0.05, 0) is 80.8 Å². The average Bonchev–Trinajstić information content (AvgIpc) is 2.92. The highest BCUT2D eigenvalue weighted by Gasteiger charge is 2.28. The predicted octanol–water partition coefficient (Wildman–Crippen LogP) is 5.99. The van der Waals surface area contributed by atoms with Crippen molar-refractivity contribution in [2.45, 2.75) is 102 Å². The van der Waals surface area contributed by atoms with Gasteiger partial charge < -0.3 is 23.8 Å². The quantitative estimate of drug-likeness (QED) is 0.101. The summed E-state index contributed by atoms with van der Waals surface area (Å²) in [5.41, 5.74) is -0.809. The van der Waals surface area contributed by atoms with Crippen molar-refractivity contribution in [1.29, 1.82) is 0 Å². The molecule has 0 aromatic heterocycles. The first kappa shape index (κ1) is 42.1. The first-order chi connectivity index (χ1) is 18.3. The van der Waals surface area contributed by atoms with Gasteiger partial charge in [0, 0.05) is 12.1 Å². The normalized spacial score (nSPS) is 11.2. The Morgan fingerprint density at radius 3 is 1.27 bits per heavy atom. The lowest BCUT2D eigenvalue weighted by Crippen LogP contribution is -2.31. The third-order valence-electron chi connectivity index (χ3n) is 6.93. The van der Waals surface area contributed by atoms with Gasteiger partial charge in [-0.25, -0.2) is 4.79 Å². The minimum atomic E-state index is -0.488. The van der Waals surface area contributed by atoms with E-state index in [1.807, 2.05) is 62.3 Å². The monoisotopic (exact) mass is 573 g/mol. The summed E-state index contributed by atoms with van der Waals surface area (Å²) in [6.45, 7) is 29.8. The van der Waals surface area contributed by atoms with Crippen molar-refractivity contribution in [3.05, 3.63) is 12.2 Å². The van der Waals surface area contributed by atoms with Gasteiger partial charge in [0.05, 0.1) is 23.4 Å². The summed E-state index contributed by atoms with van der Waals surface area (Å²) in [5.74, 6) is -0.964. The summed E-state index contributed by atoms with van der Waals surface area (Å²) in [7, 11) is 1.42. The van der Waals surface area contributed by atoms with Crippen molar-refractivity contribution in [1.82, 2.24) is 4.90 Å². The van der Waals surface area contributed by atoms with Crippen LogP contribution in [0.1, 0.15) is 102 Å². The molecule has 9 heteroatoms. The van der Waals surface area contributed by atoms with Crippen LogP contribution >= 0.6 is 0 Å². The molecule has 40 heavy (non-hydrogen) atoms. The molecule has 236 valence electrons. The van der Waals surface area contributed by atoms with Crippen molar-refractivity contribution in [3.63, 3.8) is 0 Å². The fourth-order valence-electron chi connectivity index (χ4n) is 2.30. The third kappa shape index (κ3) is 18.8. The van der Waals surface area contributed by atoms with E-state index < -0.39 is 11.4 Å². The van der Waals surface area contributed by atoms with Crippen LogP contribution in [-0.4, -0.2) is 75.3 Å². The molecule has 0 rings (SSSR count). The Bertz CT molecular complexity index is 767. The predicted molar refractivity (Wildman–Crippen MR) is 160 cm³/mol. The van der Waals surface area contributed by atoms with Gasteiger partial charge in [0.15, 0.2) is 0 Å². The molecule has 0 aromatic carbocycles. The van der Waals surface area contributed by atoms with Crippen LogP contribution in [0.3, 0.4) is 0 Å². The maximum absolute atomic E-state index is 11.6. The van der Waals surface area contributed by atoms with E-state index >= 15 is 0 Å². The fraction of sp³-hybridized carbons (Fsp3) is 0.806. The number of ether oxygens (including phenoxy) is 4. The van der Waals surface area contributed by atoms with Gasteiger partial charge in [-0.1, -0.05) is 41.2 Å². The number of methoxy groups -OCH3 is 1. The minimum Gasteiger partial charge on any atom is -0.469 e. The number of hydrogen-bond donors (Lipinski definition) is 0. The topological polar surface area (TPSA) is 108 Å². The van der Waals surface area contributed by atoms with E-state index in [2.05, 4.69) is 30.1 Å². The van der Waals surface area contributed by atoms with Crippen LogP contribution in [0.15, 0.2) is 12.2 Å². The first-order valence-electron chi connectivity index (χ1n) is 14.3. The van der Waals surface area contributed by atoms with Crippen LogP contribution in [0.25, 0.3) is 0 Å². The molecule has 0 aromatic rings. The van der Waals surface area contributed by atoms with Crippen molar-refractivity contribution in [2.75, 3.05) is 46.6 Å². The molecule has 0 unspecified atom stereocenters. The van der Waals surface area contributed by atoms with Gasteiger partial charge >= 0.3 is 23.9 Å². The lowest BCUT2D eigenvalue weighted by molar-refractivity contribution is -0.158. The fourth-order valence-corrected chi connectivity index (χ4v) is 2.30. The van der Waals surface area contributed by atoms with Crippen LogP contribution in [0.5, 0.6) is 0 Å². The molecular formula is C31H59NO8. The summed E-state index contributed by atoms with van der Waals surface area (Å²) in [4.78, 5) is 47.2. The maximum Gasteiger partial charge on any atom is 0.333 e. The van der Waals surface area contributed by atoms with Gasteiger partial charge in [0.2, 0.25) is 0 Å². The van der Waals surface area contributed by atoms with Gasteiger partial charge in [0.1, 0.15) is 19.8 Å². The molecule has 0 fully saturated rings. The standard InChI is InChI=1S/C12H25NO2.C12H20O4.C7H14O2/c1-6-12(4,5)11(14)15-10-9-13(7-2)8-3;1-6-12(4,5)11(14)16-8-7-15-10(13)9(2)3;1-5-7(2,3)6(8)9-4/h6-10H2,1-5H3;2,6-8H2,1,3-5H3;5H2,1-4H3. The number of likely N-dealkylation sites (N-methyl/N-ethyl adjacent to an activating group) is 1. The third-order valence-corrected chi connectivity index (χ3v) is 6.93. The molecule has 0 amide bonds. The minimum absolute atomic E-state index is 0.0667. The van der Waals surface area contributed by atoms with Gasteiger partial charge in [-0.15, -0.1) is 0 Å². The van der Waals surface area contributed by atoms with Gasteiger partial charge in [-0.3, -0.25) is 14.4 Å². The highest BCUT2D eigenvalue weighted by molar-refractivity contribution is 5.86. The van der Waals surface area contributed by atoms with E-state index in [1.165, 1.54) is 7.11 Å². The van der Waals surface area contributed by atoms with Crippen LogP contribution < -0.4 is 0 Å². The Kier molecular flexibility index (Phi) is 22.4. The number of esters is 4. The van der Waals surface area contributed by atoms with Crippen molar-refractivity contribution >= 4 is 23.9 Å². The molecule has 0 radical (unpaired) electrons. The Balaban J connectivity index is -0.000000534. The summed E-state index contributed by atoms with van der Waals surface area (Å²) < 4.78 is 19.6. The Hall–Kier alpha value is -2.42. The van der Waals surface area contributed by atoms with E-state index in [-0.39, 0.29) is 42.0 Å². The van der Waals surface area contributed by atoms with E-state index in [9.17, 15) is 19.2 Å². The highest BCUT2D eigenvalue weighted by Crippen LogP contribution is 2.22. The molecule has 0 saturated heterocycles. The zero-order valence-electron chi connectivity index (χ0n) is 27.8. The van der Waals surface area contributed by atoms with Crippen molar-refractivity contribution in [3.8, 4) is 0 Å². The van der Waals surface area contributed by atoms with Crippen LogP contribution in [0, 0.1) is 16.2 Å². The summed E-state index contributed by atoms with van der Waals surface area (Å²) in [6.07, 6.45) is 2.34. The van der Waals surface area contributed by atoms with E-state index in [1.54, 1.807) is 6.92 Å². The Morgan fingerprint density at radius 2 is 0.975 bits per heavy atom. The lowest BCUT2D eigenvalue weighted by atomic mass is 9.91. The SMILES string of the molecule is C=C(C)C(=O)OCCOC(=O)C(C)(C)CC.CCC(C)(C)C(=O)OC.CCN(CC)CCOC(=O)C(C)(C)CC. The first-order valence-corrected chi connectivity index (χ1v) is 14.3. The van der Waals surface area contributed by atoms with Crippen molar-refractivity contribution < 1.29 is 38.1 Å². The maximum atomic E-state index is 11.6. The smallest absolute Gasteiger partial charge is 0.333 e. The second-order valence-corrected chi connectivity index (χ2v) is 11.4. The molecule has 0 aliphatic heterocycles. The Morgan fingerprint density at radius 1 is 0.625 bits per heavy atom. The molecule has 0 N–H and O–H groups in total. The van der Waals surface area contributed by atoms with E-state index in [0.29, 0.717) is 18.6 Å². The summed E-state index contributed by atoms with van der Waals surface area (Å²) in [5, 5.41) is 0. The molecule has 0 aliphatic rings. The largest absolute Gasteiger partial charge is 0.469 e. The van der Waals surface area contributed by atoms with Gasteiger partial charge in [0.25, 0.3) is 0 Å². The molecule has 0 spiro atoms. The van der Waals surface area contributed by atoms with E-state index in [0.717, 1.165) is 32.5 Å². The van der Waals surface area contributed by atoms with Crippen LogP contribution in [0.2, 0.25) is 0 Å². The van der Waals surface area contributed by atoms with Crippen LogP contribution in [0.4, 0.5) is 0 Å². The molecule has 0 aliphatic carbocycles. The van der Waals surface area contributed by atoms with E-state index in [4.69, 9.17) is 14.2 Å². The zero-order chi connectivity index (χ0) is 32.2. The number of carbonyl (C=O) groups is 4. The molecule has 0 bridgehead atoms. The zero-order valence-corrected chi connectivity index (χ0v) is 27.8. The lowest BCUT2D eigenvalue weighted by Gasteiger charge is -2.22. The average molecular weight is 574 g/mol. The number of nitrogens with zero attached hydrogens (tertiary/aromatic N) is 1. The molecular weight excluding hydrogens is 514 g/mol. The van der Waals surface area contributed by atoms with Crippen molar-refractivity contribution in [2.24, 2.45) is 16.2 Å². The number of rotatable bonds is 15. The number of carbonyl (C=O) groups excluding carboxylic acids is 4. The highest BCUT2D eigenvalue weighted by atomic mass is 16.6. The second kappa shape index (κ2) is 21.3. The second-order valence-electron chi connectivity index (χ2n) is 11.4.